The maximum atomic E-state index is 6.89. The van der Waals surface area contributed by atoms with E-state index in [2.05, 4.69) is 184 Å². The molecule has 0 unspecified atom stereocenters. The molecule has 0 spiro atoms. The molecule has 2 aliphatic carbocycles. The zero-order valence-electron chi connectivity index (χ0n) is 28.8. The van der Waals surface area contributed by atoms with Crippen LogP contribution < -0.4 is 4.90 Å². The van der Waals surface area contributed by atoms with E-state index in [-0.39, 0.29) is 10.8 Å². The number of rotatable bonds is 5. The third-order valence-electron chi connectivity index (χ3n) is 11.2. The van der Waals surface area contributed by atoms with Gasteiger partial charge in [-0.05, 0) is 110 Å². The van der Waals surface area contributed by atoms with Crippen molar-refractivity contribution in [2.24, 2.45) is 0 Å². The predicted octanol–water partition coefficient (Wildman–Crippen LogP) is 13.8. The first-order chi connectivity index (χ1) is 24.2. The number of benzene rings is 7. The first kappa shape index (κ1) is 30.7. The van der Waals surface area contributed by atoms with Gasteiger partial charge >= 0.3 is 0 Å². The Morgan fingerprint density at radius 2 is 0.860 bits per heavy atom. The maximum Gasteiger partial charge on any atom is 0.0487 e. The maximum absolute atomic E-state index is 6.89. The van der Waals surface area contributed by atoms with Gasteiger partial charge in [-0.2, -0.15) is 0 Å². The van der Waals surface area contributed by atoms with Crippen LogP contribution >= 0.6 is 11.6 Å². The van der Waals surface area contributed by atoms with Crippen molar-refractivity contribution in [2.75, 3.05) is 4.90 Å². The Balaban J connectivity index is 1.17. The summed E-state index contributed by atoms with van der Waals surface area (Å²) in [5.41, 5.74) is 18.4. The molecule has 0 saturated heterocycles. The van der Waals surface area contributed by atoms with Gasteiger partial charge in [-0.15, -0.1) is 0 Å². The molecule has 0 radical (unpaired) electrons. The monoisotopic (exact) mass is 663 g/mol. The van der Waals surface area contributed by atoms with Gasteiger partial charge < -0.3 is 4.90 Å². The number of hydrogen-bond donors (Lipinski definition) is 0. The summed E-state index contributed by atoms with van der Waals surface area (Å²) in [4.78, 5) is 2.39. The smallest absolute Gasteiger partial charge is 0.0487 e. The Bertz CT molecular complexity index is 2320. The molecule has 7 aromatic rings. The van der Waals surface area contributed by atoms with Crippen molar-refractivity contribution >= 4 is 28.7 Å². The first-order valence-corrected chi connectivity index (χ1v) is 17.8. The highest BCUT2D eigenvalue weighted by atomic mass is 35.5. The number of anilines is 3. The molecular weight excluding hydrogens is 626 g/mol. The lowest BCUT2D eigenvalue weighted by Gasteiger charge is -2.29. The zero-order chi connectivity index (χ0) is 34.2. The molecule has 242 valence electrons. The van der Waals surface area contributed by atoms with Crippen molar-refractivity contribution in [3.63, 3.8) is 0 Å². The lowest BCUT2D eigenvalue weighted by Crippen LogP contribution is -2.19. The molecule has 0 heterocycles. The predicted molar refractivity (Wildman–Crippen MR) is 212 cm³/mol. The average molecular weight is 664 g/mol. The second kappa shape index (κ2) is 11.3. The molecule has 2 heteroatoms. The fourth-order valence-electron chi connectivity index (χ4n) is 8.41. The molecule has 0 amide bonds. The SMILES string of the molecule is CC1(C)c2cc(N(c3ccc(-c4ccccc4)cc3)c3ccc(-c4ccccc4)cc3)ccc2-c2cc3c(cc21)C(C)(C)c1cccc(Cl)c1-3. The summed E-state index contributed by atoms with van der Waals surface area (Å²) in [5.74, 6) is 0. The summed E-state index contributed by atoms with van der Waals surface area (Å²) in [5, 5.41) is 0.828. The van der Waals surface area contributed by atoms with E-state index in [1.165, 1.54) is 66.8 Å². The van der Waals surface area contributed by atoms with Crippen LogP contribution in [-0.4, -0.2) is 0 Å². The normalized spacial score (nSPS) is 14.4. The van der Waals surface area contributed by atoms with Crippen LogP contribution in [0.5, 0.6) is 0 Å². The lowest BCUT2D eigenvalue weighted by molar-refractivity contribution is 0.639. The van der Waals surface area contributed by atoms with Crippen molar-refractivity contribution in [3.05, 3.63) is 185 Å². The molecule has 0 bridgehead atoms. The van der Waals surface area contributed by atoms with Crippen molar-refractivity contribution < 1.29 is 0 Å². The highest BCUT2D eigenvalue weighted by Crippen LogP contribution is 2.57. The largest absolute Gasteiger partial charge is 0.310 e. The van der Waals surface area contributed by atoms with E-state index in [0.29, 0.717) is 0 Å². The lowest BCUT2D eigenvalue weighted by atomic mass is 9.77. The van der Waals surface area contributed by atoms with Crippen LogP contribution in [0, 0.1) is 0 Å². The fraction of sp³-hybridized carbons (Fsp3) is 0.125. The molecule has 0 saturated carbocycles. The summed E-state index contributed by atoms with van der Waals surface area (Å²) in [6, 6.07) is 57.4. The molecule has 0 aliphatic heterocycles. The quantitative estimate of drug-likeness (QED) is 0.177. The van der Waals surface area contributed by atoms with Gasteiger partial charge in [-0.1, -0.05) is 148 Å². The standard InChI is InChI=1S/C48H38ClN/c1-47(2)41-16-11-17-45(49)46(41)40-29-39-38-27-26-37(28-42(38)48(3,4)43(39)30-44(40)47)50(35-22-18-33(19-23-35)31-12-7-5-8-13-31)36-24-20-34(21-25-36)32-14-9-6-10-15-32/h5-30H,1-4H3. The van der Waals surface area contributed by atoms with Crippen LogP contribution in [0.2, 0.25) is 5.02 Å². The summed E-state index contributed by atoms with van der Waals surface area (Å²) < 4.78 is 0. The fourth-order valence-corrected chi connectivity index (χ4v) is 8.69. The minimum absolute atomic E-state index is 0.116. The molecular formula is C48H38ClN. The van der Waals surface area contributed by atoms with Gasteiger partial charge in [0.25, 0.3) is 0 Å². The summed E-state index contributed by atoms with van der Waals surface area (Å²) in [6.45, 7) is 9.42. The van der Waals surface area contributed by atoms with E-state index >= 15 is 0 Å². The molecule has 0 N–H and O–H groups in total. The Morgan fingerprint density at radius 1 is 0.380 bits per heavy atom. The van der Waals surface area contributed by atoms with Gasteiger partial charge in [-0.3, -0.25) is 0 Å². The molecule has 50 heavy (non-hydrogen) atoms. The topological polar surface area (TPSA) is 3.24 Å². The van der Waals surface area contributed by atoms with Crippen LogP contribution in [0.1, 0.15) is 49.9 Å². The Labute approximate surface area is 300 Å². The molecule has 7 aromatic carbocycles. The van der Waals surface area contributed by atoms with E-state index in [1.54, 1.807) is 0 Å². The van der Waals surface area contributed by atoms with Gasteiger partial charge in [0, 0.05) is 38.5 Å². The Morgan fingerprint density at radius 3 is 1.44 bits per heavy atom. The van der Waals surface area contributed by atoms with Crippen LogP contribution in [0.4, 0.5) is 17.1 Å². The Kier molecular flexibility index (Phi) is 6.95. The minimum atomic E-state index is -0.176. The summed E-state index contributed by atoms with van der Waals surface area (Å²) in [7, 11) is 0. The van der Waals surface area contributed by atoms with Crippen molar-refractivity contribution in [1.82, 2.24) is 0 Å². The number of halogens is 1. The third kappa shape index (κ3) is 4.68. The van der Waals surface area contributed by atoms with E-state index < -0.39 is 0 Å². The highest BCUT2D eigenvalue weighted by molar-refractivity contribution is 6.34. The summed E-state index contributed by atoms with van der Waals surface area (Å²) >= 11 is 6.89. The average Bonchev–Trinajstić information content (AvgIpc) is 3.51. The second-order valence-corrected chi connectivity index (χ2v) is 15.2. The van der Waals surface area contributed by atoms with E-state index in [4.69, 9.17) is 11.6 Å². The highest BCUT2D eigenvalue weighted by Gasteiger charge is 2.42. The van der Waals surface area contributed by atoms with Crippen LogP contribution in [0.15, 0.2) is 158 Å². The van der Waals surface area contributed by atoms with Gasteiger partial charge in [0.1, 0.15) is 0 Å². The molecule has 0 aromatic heterocycles. The number of hydrogen-bond acceptors (Lipinski definition) is 1. The molecule has 2 aliphatic rings. The zero-order valence-corrected chi connectivity index (χ0v) is 29.6. The van der Waals surface area contributed by atoms with Crippen LogP contribution in [-0.2, 0) is 10.8 Å². The van der Waals surface area contributed by atoms with Crippen LogP contribution in [0.3, 0.4) is 0 Å². The summed E-state index contributed by atoms with van der Waals surface area (Å²) in [6.07, 6.45) is 0. The van der Waals surface area contributed by atoms with E-state index in [9.17, 15) is 0 Å². The Hall–Kier alpha value is -5.37. The van der Waals surface area contributed by atoms with Crippen molar-refractivity contribution in [3.8, 4) is 44.5 Å². The second-order valence-electron chi connectivity index (χ2n) is 14.7. The van der Waals surface area contributed by atoms with Gasteiger partial charge in [-0.25, -0.2) is 0 Å². The van der Waals surface area contributed by atoms with Gasteiger partial charge in [0.05, 0.1) is 0 Å². The number of fused-ring (bicyclic) bond motifs is 6. The van der Waals surface area contributed by atoms with Gasteiger partial charge in [0.15, 0.2) is 0 Å². The molecule has 9 rings (SSSR count). The van der Waals surface area contributed by atoms with Crippen molar-refractivity contribution in [1.29, 1.82) is 0 Å². The first-order valence-electron chi connectivity index (χ1n) is 17.5. The van der Waals surface area contributed by atoms with Gasteiger partial charge in [0.2, 0.25) is 0 Å². The van der Waals surface area contributed by atoms with Crippen molar-refractivity contribution in [2.45, 2.75) is 38.5 Å². The van der Waals surface area contributed by atoms with E-state index in [1.807, 2.05) is 6.07 Å². The molecule has 0 fully saturated rings. The molecule has 0 atom stereocenters. The number of nitrogens with zero attached hydrogens (tertiary/aromatic N) is 1. The third-order valence-corrected chi connectivity index (χ3v) is 11.5. The van der Waals surface area contributed by atoms with E-state index in [0.717, 1.165) is 22.1 Å². The minimum Gasteiger partial charge on any atom is -0.310 e. The van der Waals surface area contributed by atoms with Crippen LogP contribution in [0.25, 0.3) is 44.5 Å². The molecule has 1 nitrogen and oxygen atoms in total.